The molecule has 0 amide bonds. The number of rotatable bonds is 3. The molecule has 140 valence electrons. The van der Waals surface area contributed by atoms with Gasteiger partial charge in [-0.15, -0.1) is 0 Å². The molecule has 0 saturated carbocycles. The Labute approximate surface area is 169 Å². The SMILES string of the molecule is O=[N+]([O-])c1ccc(-c2noc3c2c(-c2ccc(Cl)cc2)nc2ccccc23)cc1. The standard InChI is InChI=1S/C22H12ClN3O3/c23-15-9-5-13(6-10-15)20-19-21(14-7-11-16(12-8-14)26(27)28)25-29-22(19)17-3-1-2-4-18(17)24-20/h1-12H. The first-order valence-electron chi connectivity index (χ1n) is 8.81. The van der Waals surface area contributed by atoms with Gasteiger partial charge in [0, 0.05) is 33.7 Å². The van der Waals surface area contributed by atoms with Crippen molar-refractivity contribution in [2.45, 2.75) is 0 Å². The second-order valence-corrected chi connectivity index (χ2v) is 6.96. The molecule has 0 aliphatic carbocycles. The van der Waals surface area contributed by atoms with Crippen molar-refractivity contribution >= 4 is 39.2 Å². The van der Waals surface area contributed by atoms with Gasteiger partial charge in [-0.25, -0.2) is 4.98 Å². The summed E-state index contributed by atoms with van der Waals surface area (Å²) in [5.74, 6) is 0. The van der Waals surface area contributed by atoms with Crippen LogP contribution < -0.4 is 0 Å². The Morgan fingerprint density at radius 1 is 0.862 bits per heavy atom. The van der Waals surface area contributed by atoms with Crippen LogP contribution in [0.5, 0.6) is 0 Å². The number of nitro benzene ring substituents is 1. The lowest BCUT2D eigenvalue weighted by atomic mass is 10.0. The number of nitrogens with zero attached hydrogens (tertiary/aromatic N) is 3. The molecule has 0 bridgehead atoms. The van der Waals surface area contributed by atoms with Crippen molar-refractivity contribution in [1.82, 2.24) is 10.1 Å². The summed E-state index contributed by atoms with van der Waals surface area (Å²) in [7, 11) is 0. The molecule has 0 saturated heterocycles. The quantitative estimate of drug-likeness (QED) is 0.263. The van der Waals surface area contributed by atoms with E-state index in [-0.39, 0.29) is 5.69 Å². The fraction of sp³-hybridized carbons (Fsp3) is 0. The second-order valence-electron chi connectivity index (χ2n) is 6.52. The van der Waals surface area contributed by atoms with Gasteiger partial charge in [0.2, 0.25) is 0 Å². The molecule has 0 unspecified atom stereocenters. The summed E-state index contributed by atoms with van der Waals surface area (Å²) in [5, 5.41) is 17.5. The molecule has 0 aliphatic heterocycles. The highest BCUT2D eigenvalue weighted by molar-refractivity contribution is 6.30. The summed E-state index contributed by atoms with van der Waals surface area (Å²) in [4.78, 5) is 15.4. The van der Waals surface area contributed by atoms with Crippen LogP contribution in [0.3, 0.4) is 0 Å². The predicted octanol–water partition coefficient (Wildman–Crippen LogP) is 6.27. The molecule has 0 radical (unpaired) electrons. The van der Waals surface area contributed by atoms with Crippen LogP contribution in [0.4, 0.5) is 5.69 Å². The smallest absolute Gasteiger partial charge is 0.269 e. The molecule has 3 aromatic carbocycles. The van der Waals surface area contributed by atoms with Crippen molar-refractivity contribution in [3.8, 4) is 22.5 Å². The first kappa shape index (κ1) is 17.3. The van der Waals surface area contributed by atoms with E-state index in [9.17, 15) is 10.1 Å². The highest BCUT2D eigenvalue weighted by Crippen LogP contribution is 2.39. The third-order valence-electron chi connectivity index (χ3n) is 4.78. The summed E-state index contributed by atoms with van der Waals surface area (Å²) < 4.78 is 5.73. The van der Waals surface area contributed by atoms with Crippen LogP contribution >= 0.6 is 11.6 Å². The predicted molar refractivity (Wildman–Crippen MR) is 112 cm³/mol. The zero-order valence-corrected chi connectivity index (χ0v) is 15.6. The van der Waals surface area contributed by atoms with Crippen molar-refractivity contribution in [3.05, 3.63) is 87.9 Å². The number of halogens is 1. The summed E-state index contributed by atoms with van der Waals surface area (Å²) >= 11 is 6.05. The van der Waals surface area contributed by atoms with E-state index in [4.69, 9.17) is 21.1 Å². The summed E-state index contributed by atoms with van der Waals surface area (Å²) in [6.45, 7) is 0. The van der Waals surface area contributed by atoms with Gasteiger partial charge < -0.3 is 4.52 Å². The third-order valence-corrected chi connectivity index (χ3v) is 5.03. The van der Waals surface area contributed by atoms with Crippen LogP contribution in [0.15, 0.2) is 77.3 Å². The van der Waals surface area contributed by atoms with E-state index in [0.29, 0.717) is 27.6 Å². The summed E-state index contributed by atoms with van der Waals surface area (Å²) in [6, 6.07) is 21.3. The molecule has 0 spiro atoms. The Morgan fingerprint density at radius 2 is 1.52 bits per heavy atom. The van der Waals surface area contributed by atoms with Gasteiger partial charge in [-0.05, 0) is 36.4 Å². The number of aromatic nitrogens is 2. The molecule has 0 fully saturated rings. The van der Waals surface area contributed by atoms with E-state index in [1.54, 1.807) is 24.3 Å². The average Bonchev–Trinajstić information content (AvgIpc) is 3.19. The molecule has 0 aliphatic rings. The molecular weight excluding hydrogens is 390 g/mol. The normalized spacial score (nSPS) is 11.2. The molecule has 7 heteroatoms. The Morgan fingerprint density at radius 3 is 2.24 bits per heavy atom. The molecule has 0 N–H and O–H groups in total. The van der Waals surface area contributed by atoms with Crippen molar-refractivity contribution in [2.24, 2.45) is 0 Å². The van der Waals surface area contributed by atoms with E-state index in [1.165, 1.54) is 12.1 Å². The fourth-order valence-corrected chi connectivity index (χ4v) is 3.51. The lowest BCUT2D eigenvalue weighted by molar-refractivity contribution is -0.384. The van der Waals surface area contributed by atoms with Gasteiger partial charge in [0.25, 0.3) is 5.69 Å². The number of para-hydroxylation sites is 1. The Kier molecular flexibility index (Phi) is 4.00. The van der Waals surface area contributed by atoms with Gasteiger partial charge in [-0.2, -0.15) is 0 Å². The van der Waals surface area contributed by atoms with Gasteiger partial charge >= 0.3 is 0 Å². The molecular formula is C22H12ClN3O3. The van der Waals surface area contributed by atoms with Gasteiger partial charge in [0.1, 0.15) is 5.69 Å². The Balaban J connectivity index is 1.83. The van der Waals surface area contributed by atoms with Crippen molar-refractivity contribution in [1.29, 1.82) is 0 Å². The maximum Gasteiger partial charge on any atom is 0.269 e. The minimum absolute atomic E-state index is 0.0167. The van der Waals surface area contributed by atoms with Crippen LogP contribution in [-0.2, 0) is 0 Å². The Bertz CT molecular complexity index is 1380. The van der Waals surface area contributed by atoms with E-state index < -0.39 is 4.92 Å². The highest BCUT2D eigenvalue weighted by Gasteiger charge is 2.20. The molecule has 29 heavy (non-hydrogen) atoms. The van der Waals surface area contributed by atoms with Crippen LogP contribution in [0, 0.1) is 10.1 Å². The van der Waals surface area contributed by atoms with Crippen LogP contribution in [-0.4, -0.2) is 15.1 Å². The van der Waals surface area contributed by atoms with E-state index in [1.807, 2.05) is 36.4 Å². The number of nitro groups is 1. The van der Waals surface area contributed by atoms with E-state index in [2.05, 4.69) is 5.16 Å². The van der Waals surface area contributed by atoms with Crippen LogP contribution in [0.1, 0.15) is 0 Å². The molecule has 0 atom stereocenters. The van der Waals surface area contributed by atoms with Crippen molar-refractivity contribution < 1.29 is 9.45 Å². The van der Waals surface area contributed by atoms with Gasteiger partial charge in [0.05, 0.1) is 21.5 Å². The highest BCUT2D eigenvalue weighted by atomic mass is 35.5. The van der Waals surface area contributed by atoms with Gasteiger partial charge in [-0.1, -0.05) is 41.0 Å². The molecule has 5 rings (SSSR count). The summed E-state index contributed by atoms with van der Waals surface area (Å²) in [5.41, 5.74) is 4.30. The minimum Gasteiger partial charge on any atom is -0.355 e. The number of hydrogen-bond donors (Lipinski definition) is 0. The molecule has 6 nitrogen and oxygen atoms in total. The number of pyridine rings is 1. The van der Waals surface area contributed by atoms with Gasteiger partial charge in [-0.3, -0.25) is 10.1 Å². The lowest BCUT2D eigenvalue weighted by Gasteiger charge is -2.07. The monoisotopic (exact) mass is 401 g/mol. The largest absolute Gasteiger partial charge is 0.355 e. The Hall–Kier alpha value is -3.77. The first-order valence-corrected chi connectivity index (χ1v) is 9.18. The minimum atomic E-state index is -0.432. The zero-order valence-electron chi connectivity index (χ0n) is 14.9. The first-order chi connectivity index (χ1) is 14.1. The molecule has 5 aromatic rings. The zero-order chi connectivity index (χ0) is 20.0. The van der Waals surface area contributed by atoms with Crippen LogP contribution in [0.25, 0.3) is 44.4 Å². The fourth-order valence-electron chi connectivity index (χ4n) is 3.39. The molecule has 2 aromatic heterocycles. The number of hydrogen-bond acceptors (Lipinski definition) is 5. The second kappa shape index (κ2) is 6.68. The van der Waals surface area contributed by atoms with E-state index in [0.717, 1.165) is 21.9 Å². The lowest BCUT2D eigenvalue weighted by Crippen LogP contribution is -1.90. The van der Waals surface area contributed by atoms with Gasteiger partial charge in [0.15, 0.2) is 5.58 Å². The number of fused-ring (bicyclic) bond motifs is 3. The number of non-ortho nitro benzene ring substituents is 1. The average molecular weight is 402 g/mol. The maximum absolute atomic E-state index is 11.0. The molecule has 2 heterocycles. The summed E-state index contributed by atoms with van der Waals surface area (Å²) in [6.07, 6.45) is 0. The topological polar surface area (TPSA) is 82.1 Å². The van der Waals surface area contributed by atoms with Crippen molar-refractivity contribution in [3.63, 3.8) is 0 Å². The van der Waals surface area contributed by atoms with Crippen molar-refractivity contribution in [2.75, 3.05) is 0 Å². The third kappa shape index (κ3) is 2.90. The van der Waals surface area contributed by atoms with Crippen LogP contribution in [0.2, 0.25) is 5.02 Å². The number of benzene rings is 3. The maximum atomic E-state index is 11.0. The van der Waals surface area contributed by atoms with E-state index >= 15 is 0 Å².